The number of nitrogens with one attached hydrogen (secondary N) is 1. The Hall–Kier alpha value is -4.83. The molecule has 1 aliphatic carbocycles. The number of nitrogens with two attached hydrogens (primary N) is 1. The number of pyridine rings is 1. The zero-order valence-corrected chi connectivity index (χ0v) is 23.1. The van der Waals surface area contributed by atoms with E-state index in [1.807, 2.05) is 6.92 Å². The highest BCUT2D eigenvalue weighted by Gasteiger charge is 2.43. The number of carbonyl (C=O) groups excluding carboxylic acids is 1. The SMILES string of the molecule is CCc1cc2c(c(C(C)(F)F)c1)CN(c1cc(-c3cc(C#N)ccc3C(N)=NC)cc(NC3(CC#N)CC3)n1)C2=O. The van der Waals surface area contributed by atoms with Crippen LogP contribution < -0.4 is 16.0 Å². The molecular weight excluding hydrogens is 524 g/mol. The Kier molecular flexibility index (Phi) is 6.96. The Morgan fingerprint density at radius 3 is 2.56 bits per heavy atom. The van der Waals surface area contributed by atoms with Gasteiger partial charge in [-0.2, -0.15) is 10.5 Å². The molecule has 3 N–H and O–H groups in total. The van der Waals surface area contributed by atoms with Gasteiger partial charge < -0.3 is 11.1 Å². The minimum atomic E-state index is -3.13. The lowest BCUT2D eigenvalue weighted by molar-refractivity contribution is 0.0165. The van der Waals surface area contributed by atoms with Gasteiger partial charge in [0.05, 0.1) is 36.2 Å². The van der Waals surface area contributed by atoms with Gasteiger partial charge >= 0.3 is 0 Å². The van der Waals surface area contributed by atoms with E-state index in [9.17, 15) is 24.1 Å². The second-order valence-corrected chi connectivity index (χ2v) is 10.6. The molecule has 5 rings (SSSR count). The molecule has 0 unspecified atom stereocenters. The molecule has 1 amide bonds. The van der Waals surface area contributed by atoms with Gasteiger partial charge in [0.15, 0.2) is 0 Å². The number of amidine groups is 1. The fourth-order valence-electron chi connectivity index (χ4n) is 5.24. The van der Waals surface area contributed by atoms with E-state index in [4.69, 9.17) is 10.7 Å². The summed E-state index contributed by atoms with van der Waals surface area (Å²) in [6.07, 6.45) is 2.36. The van der Waals surface area contributed by atoms with Crippen molar-refractivity contribution in [3.63, 3.8) is 0 Å². The minimum absolute atomic E-state index is 0.0696. The number of aryl methyl sites for hydroxylation is 1. The summed E-state index contributed by atoms with van der Waals surface area (Å²) in [6.45, 7) is 2.62. The lowest BCUT2D eigenvalue weighted by Gasteiger charge is -2.21. The summed E-state index contributed by atoms with van der Waals surface area (Å²) in [7, 11) is 1.56. The maximum Gasteiger partial charge on any atom is 0.270 e. The smallest absolute Gasteiger partial charge is 0.270 e. The van der Waals surface area contributed by atoms with Gasteiger partial charge in [0, 0.05) is 30.7 Å². The summed E-state index contributed by atoms with van der Waals surface area (Å²) in [5.41, 5.74) is 8.96. The van der Waals surface area contributed by atoms with Crippen molar-refractivity contribution in [1.29, 1.82) is 10.5 Å². The van der Waals surface area contributed by atoms with Gasteiger partial charge in [0.2, 0.25) is 0 Å². The average molecular weight is 554 g/mol. The number of nitrogens with zero attached hydrogens (tertiary/aromatic N) is 5. The number of aromatic nitrogens is 1. The molecule has 0 bridgehead atoms. The molecule has 1 saturated carbocycles. The van der Waals surface area contributed by atoms with Crippen LogP contribution in [0.1, 0.15) is 71.3 Å². The highest BCUT2D eigenvalue weighted by atomic mass is 19.3. The number of rotatable bonds is 8. The van der Waals surface area contributed by atoms with Crippen LogP contribution in [0.3, 0.4) is 0 Å². The maximum absolute atomic E-state index is 14.7. The Bertz CT molecular complexity index is 1670. The molecule has 208 valence electrons. The van der Waals surface area contributed by atoms with E-state index >= 15 is 0 Å². The number of alkyl halides is 2. The van der Waals surface area contributed by atoms with Crippen LogP contribution in [0.5, 0.6) is 0 Å². The third-order valence-corrected chi connectivity index (χ3v) is 7.71. The predicted molar refractivity (Wildman–Crippen MR) is 153 cm³/mol. The number of hydrogen-bond donors (Lipinski definition) is 2. The number of nitriles is 2. The first-order chi connectivity index (χ1) is 19.5. The quantitative estimate of drug-likeness (QED) is 0.274. The zero-order valence-electron chi connectivity index (χ0n) is 23.1. The van der Waals surface area contributed by atoms with Crippen LogP contribution >= 0.6 is 0 Å². The van der Waals surface area contributed by atoms with Gasteiger partial charge in [-0.1, -0.05) is 6.92 Å². The Balaban J connectivity index is 1.68. The molecule has 0 saturated heterocycles. The topological polar surface area (TPSA) is 131 Å². The monoisotopic (exact) mass is 553 g/mol. The number of anilines is 2. The highest BCUT2D eigenvalue weighted by molar-refractivity contribution is 6.10. The summed E-state index contributed by atoms with van der Waals surface area (Å²) in [6, 6.07) is 16.0. The van der Waals surface area contributed by atoms with Crippen molar-refractivity contribution in [3.05, 3.63) is 75.8 Å². The third kappa shape index (κ3) is 5.21. The number of fused-ring (bicyclic) bond motifs is 1. The summed E-state index contributed by atoms with van der Waals surface area (Å²) >= 11 is 0. The van der Waals surface area contributed by atoms with E-state index in [2.05, 4.69) is 22.4 Å². The first kappa shape index (κ1) is 27.7. The van der Waals surface area contributed by atoms with Crippen LogP contribution in [0, 0.1) is 22.7 Å². The van der Waals surface area contributed by atoms with Crippen molar-refractivity contribution in [1.82, 2.24) is 4.98 Å². The molecule has 10 heteroatoms. The van der Waals surface area contributed by atoms with Crippen LogP contribution in [0.25, 0.3) is 11.1 Å². The molecule has 8 nitrogen and oxygen atoms in total. The van der Waals surface area contributed by atoms with Gasteiger partial charge in [-0.25, -0.2) is 13.8 Å². The van der Waals surface area contributed by atoms with Crippen molar-refractivity contribution < 1.29 is 13.6 Å². The highest BCUT2D eigenvalue weighted by Crippen LogP contribution is 2.43. The van der Waals surface area contributed by atoms with Gasteiger partial charge in [-0.3, -0.25) is 14.7 Å². The Morgan fingerprint density at radius 1 is 1.20 bits per heavy atom. The second-order valence-electron chi connectivity index (χ2n) is 10.6. The van der Waals surface area contributed by atoms with Crippen molar-refractivity contribution in [2.45, 2.75) is 57.5 Å². The summed E-state index contributed by atoms with van der Waals surface area (Å²) in [5.74, 6) is -2.62. The van der Waals surface area contributed by atoms with Crippen molar-refractivity contribution in [3.8, 4) is 23.3 Å². The lowest BCUT2D eigenvalue weighted by atomic mass is 9.95. The summed E-state index contributed by atoms with van der Waals surface area (Å²) in [4.78, 5) is 24.0. The lowest BCUT2D eigenvalue weighted by Crippen LogP contribution is -2.26. The van der Waals surface area contributed by atoms with E-state index in [0.717, 1.165) is 19.8 Å². The van der Waals surface area contributed by atoms with Gasteiger partial charge in [0.1, 0.15) is 17.5 Å². The Morgan fingerprint density at radius 2 is 1.95 bits per heavy atom. The first-order valence-corrected chi connectivity index (χ1v) is 13.3. The predicted octanol–water partition coefficient (Wildman–Crippen LogP) is 5.65. The minimum Gasteiger partial charge on any atom is -0.383 e. The number of benzene rings is 2. The molecule has 0 radical (unpaired) electrons. The largest absolute Gasteiger partial charge is 0.383 e. The number of carbonyl (C=O) groups is 1. The number of hydrogen-bond acceptors (Lipinski definition) is 6. The molecule has 0 spiro atoms. The normalized spacial score (nSPS) is 15.7. The second kappa shape index (κ2) is 10.3. The fourth-order valence-corrected chi connectivity index (χ4v) is 5.24. The molecule has 41 heavy (non-hydrogen) atoms. The third-order valence-electron chi connectivity index (χ3n) is 7.71. The van der Waals surface area contributed by atoms with Crippen molar-refractivity contribution >= 4 is 23.4 Å². The fraction of sp³-hybridized carbons (Fsp3) is 0.323. The molecule has 2 aliphatic rings. The van der Waals surface area contributed by atoms with Crippen LogP contribution in [0.2, 0.25) is 0 Å². The van der Waals surface area contributed by atoms with Crippen LogP contribution in [-0.2, 0) is 18.9 Å². The van der Waals surface area contributed by atoms with Crippen LogP contribution in [0.15, 0.2) is 47.5 Å². The summed E-state index contributed by atoms with van der Waals surface area (Å²) in [5, 5.41) is 22.3. The summed E-state index contributed by atoms with van der Waals surface area (Å²) < 4.78 is 29.4. The molecule has 1 fully saturated rings. The molecule has 1 aromatic heterocycles. The van der Waals surface area contributed by atoms with Crippen molar-refractivity contribution in [2.24, 2.45) is 10.7 Å². The molecule has 3 aromatic rings. The zero-order chi connectivity index (χ0) is 29.5. The molecule has 2 heterocycles. The van der Waals surface area contributed by atoms with Crippen LogP contribution in [0.4, 0.5) is 20.4 Å². The number of halogens is 2. The van der Waals surface area contributed by atoms with Crippen molar-refractivity contribution in [2.75, 3.05) is 17.3 Å². The van der Waals surface area contributed by atoms with E-state index in [1.54, 1.807) is 43.4 Å². The van der Waals surface area contributed by atoms with E-state index in [-0.39, 0.29) is 41.3 Å². The first-order valence-electron chi connectivity index (χ1n) is 13.3. The molecule has 2 aromatic carbocycles. The van der Waals surface area contributed by atoms with Gasteiger partial charge in [0.25, 0.3) is 11.8 Å². The van der Waals surface area contributed by atoms with E-state index in [0.29, 0.717) is 40.1 Å². The molecule has 0 atom stereocenters. The molecule has 1 aliphatic heterocycles. The van der Waals surface area contributed by atoms with E-state index < -0.39 is 17.4 Å². The van der Waals surface area contributed by atoms with Crippen LogP contribution in [-0.4, -0.2) is 29.3 Å². The molecular formula is C31H29F2N7O. The number of amides is 1. The number of aliphatic imine (C=N–C) groups is 1. The van der Waals surface area contributed by atoms with E-state index in [1.165, 1.54) is 11.0 Å². The average Bonchev–Trinajstić information content (AvgIpc) is 3.63. The Labute approximate surface area is 237 Å². The van der Waals surface area contributed by atoms with Gasteiger partial charge in [-0.05, 0) is 84.0 Å². The van der Waals surface area contributed by atoms with Gasteiger partial charge in [-0.15, -0.1) is 0 Å². The standard InChI is InChI=1S/C31H29F2N7O/c1-4-18-11-23-24(25(13-18)30(2,32)33)17-40(29(23)41)27-15-20(14-26(38-27)39-31(7-8-31)9-10-34)22-12-19(16-35)5-6-21(22)28(36)37-3/h5-6,11-15H,4,7-9,17H2,1-3H3,(H2,36,37)(H,38,39). The maximum atomic E-state index is 14.7.